The molecule has 0 spiro atoms. The van der Waals surface area contributed by atoms with Gasteiger partial charge in [-0.15, -0.1) is 21.5 Å². The van der Waals surface area contributed by atoms with Crippen molar-refractivity contribution >= 4 is 40.6 Å². The minimum atomic E-state index is 0.0289. The number of thioether (sulfide) groups is 1. The van der Waals surface area contributed by atoms with Crippen LogP contribution in [0.25, 0.3) is 17.1 Å². The van der Waals surface area contributed by atoms with Crippen LogP contribution in [0.3, 0.4) is 0 Å². The maximum Gasteiger partial charge on any atom is 0.233 e. The maximum absolute atomic E-state index is 12.7. The molecular weight excluding hydrogens is 450 g/mol. The van der Waals surface area contributed by atoms with Crippen molar-refractivity contribution in [2.75, 3.05) is 12.8 Å². The average molecular weight is 470 g/mol. The molecule has 3 aromatic heterocycles. The van der Waals surface area contributed by atoms with Crippen LogP contribution in [0, 0.1) is 6.92 Å². The predicted molar refractivity (Wildman–Crippen MR) is 126 cm³/mol. The van der Waals surface area contributed by atoms with Crippen molar-refractivity contribution in [2.45, 2.75) is 18.6 Å². The molecule has 6 nitrogen and oxygen atoms in total. The summed E-state index contributed by atoms with van der Waals surface area (Å²) in [5.74, 6) is 0.964. The average Bonchev–Trinajstić information content (AvgIpc) is 3.44. The van der Waals surface area contributed by atoms with Gasteiger partial charge >= 0.3 is 0 Å². The van der Waals surface area contributed by atoms with E-state index in [1.807, 2.05) is 66.4 Å². The number of pyridine rings is 1. The normalized spacial score (nSPS) is 10.9. The third-order valence-electron chi connectivity index (χ3n) is 4.78. The monoisotopic (exact) mass is 469 g/mol. The van der Waals surface area contributed by atoms with Gasteiger partial charge in [-0.05, 0) is 48.2 Å². The number of hydrogen-bond donors (Lipinski definition) is 0. The van der Waals surface area contributed by atoms with Gasteiger partial charge in [0, 0.05) is 34.9 Å². The predicted octanol–water partition coefficient (Wildman–Crippen LogP) is 5.10. The van der Waals surface area contributed by atoms with E-state index in [-0.39, 0.29) is 11.7 Å². The first-order valence-corrected chi connectivity index (χ1v) is 11.8. The molecule has 1 amide bonds. The topological polar surface area (TPSA) is 63.9 Å². The number of nitrogens with zero attached hydrogens (tertiary/aromatic N) is 5. The van der Waals surface area contributed by atoms with Crippen molar-refractivity contribution in [3.8, 4) is 17.1 Å². The van der Waals surface area contributed by atoms with Crippen LogP contribution in [0.15, 0.2) is 65.4 Å². The Kier molecular flexibility index (Phi) is 6.70. The molecule has 0 aliphatic rings. The van der Waals surface area contributed by atoms with Gasteiger partial charge in [0.2, 0.25) is 5.91 Å². The first kappa shape index (κ1) is 21.5. The van der Waals surface area contributed by atoms with Crippen molar-refractivity contribution < 1.29 is 4.79 Å². The van der Waals surface area contributed by atoms with Crippen LogP contribution in [0.1, 0.15) is 10.4 Å². The zero-order valence-electron chi connectivity index (χ0n) is 17.0. The third-order valence-corrected chi connectivity index (χ3v) is 6.96. The van der Waals surface area contributed by atoms with Crippen LogP contribution < -0.4 is 0 Å². The van der Waals surface area contributed by atoms with Crippen LogP contribution in [0.4, 0.5) is 0 Å². The molecule has 0 aliphatic carbocycles. The third kappa shape index (κ3) is 4.81. The fourth-order valence-electron chi connectivity index (χ4n) is 3.07. The van der Waals surface area contributed by atoms with Crippen LogP contribution in [-0.4, -0.2) is 43.4 Å². The second-order valence-electron chi connectivity index (χ2n) is 6.88. The molecule has 0 radical (unpaired) electrons. The summed E-state index contributed by atoms with van der Waals surface area (Å²) in [6, 6.07) is 13.5. The van der Waals surface area contributed by atoms with Gasteiger partial charge in [0.25, 0.3) is 0 Å². The quantitative estimate of drug-likeness (QED) is 0.352. The fraction of sp³-hybridized carbons (Fsp3) is 0.182. The van der Waals surface area contributed by atoms with Gasteiger partial charge in [0.1, 0.15) is 0 Å². The van der Waals surface area contributed by atoms with Crippen molar-refractivity contribution in [1.82, 2.24) is 24.6 Å². The summed E-state index contributed by atoms with van der Waals surface area (Å²) in [4.78, 5) is 19.7. The molecule has 0 bridgehead atoms. The highest BCUT2D eigenvalue weighted by Crippen LogP contribution is 2.31. The Morgan fingerprint density at radius 1 is 1.16 bits per heavy atom. The van der Waals surface area contributed by atoms with E-state index in [2.05, 4.69) is 15.2 Å². The second-order valence-corrected chi connectivity index (χ2v) is 9.26. The highest BCUT2D eigenvalue weighted by molar-refractivity contribution is 7.99. The Balaban J connectivity index is 1.62. The van der Waals surface area contributed by atoms with Crippen molar-refractivity contribution in [1.29, 1.82) is 0 Å². The highest BCUT2D eigenvalue weighted by Gasteiger charge is 2.20. The first-order valence-electron chi connectivity index (χ1n) is 9.55. The van der Waals surface area contributed by atoms with Gasteiger partial charge in [0.05, 0.1) is 18.0 Å². The van der Waals surface area contributed by atoms with E-state index < -0.39 is 0 Å². The molecule has 0 atom stereocenters. The zero-order chi connectivity index (χ0) is 21.8. The standard InChI is InChI=1S/C22H20ClN5OS2/c1-15-18(23)6-3-7-19(15)28-21(16-8-10-24-11-9-16)25-26-22(28)31-14-20(29)27(2)13-17-5-4-12-30-17/h3-12H,13-14H2,1-2H3. The summed E-state index contributed by atoms with van der Waals surface area (Å²) < 4.78 is 1.95. The van der Waals surface area contributed by atoms with Gasteiger partial charge < -0.3 is 4.90 Å². The minimum absolute atomic E-state index is 0.0289. The number of hydrogen-bond acceptors (Lipinski definition) is 6. The molecular formula is C22H20ClN5OS2. The number of amides is 1. The number of halogens is 1. The Morgan fingerprint density at radius 2 is 1.97 bits per heavy atom. The van der Waals surface area contributed by atoms with Gasteiger partial charge in [-0.1, -0.05) is 35.5 Å². The largest absolute Gasteiger partial charge is 0.340 e. The van der Waals surface area contributed by atoms with Crippen LogP contribution in [0.2, 0.25) is 5.02 Å². The summed E-state index contributed by atoms with van der Waals surface area (Å²) in [7, 11) is 1.82. The van der Waals surface area contributed by atoms with E-state index in [1.165, 1.54) is 11.8 Å². The molecule has 3 heterocycles. The Bertz CT molecular complexity index is 1180. The molecule has 0 fully saturated rings. The molecule has 9 heteroatoms. The number of rotatable bonds is 7. The van der Waals surface area contributed by atoms with E-state index >= 15 is 0 Å². The fourth-order valence-corrected chi connectivity index (χ4v) is 4.88. The summed E-state index contributed by atoms with van der Waals surface area (Å²) >= 11 is 9.39. The molecule has 1 aromatic carbocycles. The van der Waals surface area contributed by atoms with Crippen LogP contribution in [-0.2, 0) is 11.3 Å². The number of carbonyl (C=O) groups excluding carboxylic acids is 1. The molecule has 4 aromatic rings. The Morgan fingerprint density at radius 3 is 2.71 bits per heavy atom. The number of carbonyl (C=O) groups is 1. The van der Waals surface area contributed by atoms with Crippen molar-refractivity contribution in [3.05, 3.63) is 75.7 Å². The second kappa shape index (κ2) is 9.64. The highest BCUT2D eigenvalue weighted by atomic mass is 35.5. The lowest BCUT2D eigenvalue weighted by Crippen LogP contribution is -2.27. The number of thiophene rings is 1. The van der Waals surface area contributed by atoms with Crippen LogP contribution in [0.5, 0.6) is 0 Å². The van der Waals surface area contributed by atoms with Crippen molar-refractivity contribution in [2.24, 2.45) is 0 Å². The molecule has 0 unspecified atom stereocenters. The number of aromatic nitrogens is 4. The molecule has 0 N–H and O–H groups in total. The molecule has 0 saturated heterocycles. The van der Waals surface area contributed by atoms with Gasteiger partial charge in [-0.2, -0.15) is 0 Å². The lowest BCUT2D eigenvalue weighted by Gasteiger charge is -2.17. The summed E-state index contributed by atoms with van der Waals surface area (Å²) in [6.07, 6.45) is 3.43. The Labute approximate surface area is 193 Å². The summed E-state index contributed by atoms with van der Waals surface area (Å²) in [6.45, 7) is 2.56. The van der Waals surface area contributed by atoms with Crippen molar-refractivity contribution in [3.63, 3.8) is 0 Å². The lowest BCUT2D eigenvalue weighted by molar-refractivity contribution is -0.127. The summed E-state index contributed by atoms with van der Waals surface area (Å²) in [5, 5.41) is 12.1. The number of benzene rings is 1. The maximum atomic E-state index is 12.7. The van der Waals surface area contributed by atoms with E-state index in [9.17, 15) is 4.79 Å². The van der Waals surface area contributed by atoms with Gasteiger partial charge in [-0.3, -0.25) is 14.3 Å². The smallest absolute Gasteiger partial charge is 0.233 e. The molecule has 158 valence electrons. The molecule has 0 aliphatic heterocycles. The lowest BCUT2D eigenvalue weighted by atomic mass is 10.2. The van der Waals surface area contributed by atoms with E-state index in [0.717, 1.165) is 21.7 Å². The summed E-state index contributed by atoms with van der Waals surface area (Å²) in [5.41, 5.74) is 2.68. The minimum Gasteiger partial charge on any atom is -0.340 e. The molecule has 4 rings (SSSR count). The molecule has 0 saturated carbocycles. The van der Waals surface area contributed by atoms with Gasteiger partial charge in [0.15, 0.2) is 11.0 Å². The molecule has 31 heavy (non-hydrogen) atoms. The zero-order valence-corrected chi connectivity index (χ0v) is 19.4. The Hall–Kier alpha value is -2.68. The van der Waals surface area contributed by atoms with E-state index in [0.29, 0.717) is 22.5 Å². The first-order chi connectivity index (χ1) is 15.0. The van der Waals surface area contributed by atoms with Gasteiger partial charge in [-0.25, -0.2) is 0 Å². The SMILES string of the molecule is Cc1c(Cl)cccc1-n1c(SCC(=O)N(C)Cc2cccs2)nnc1-c1ccncc1. The van der Waals surface area contributed by atoms with E-state index in [4.69, 9.17) is 11.6 Å². The van der Waals surface area contributed by atoms with E-state index in [1.54, 1.807) is 28.6 Å². The van der Waals surface area contributed by atoms with Crippen LogP contribution >= 0.6 is 34.7 Å².